The predicted octanol–water partition coefficient (Wildman–Crippen LogP) is 2.88. The van der Waals surface area contributed by atoms with Crippen molar-refractivity contribution in [2.45, 2.75) is 90.1 Å². The number of aromatic nitrogens is 2. The first kappa shape index (κ1) is 35.2. The van der Waals surface area contributed by atoms with Gasteiger partial charge in [0.2, 0.25) is 5.91 Å². The van der Waals surface area contributed by atoms with Crippen LogP contribution in [0.5, 0.6) is 0 Å². The van der Waals surface area contributed by atoms with Gasteiger partial charge in [0.15, 0.2) is 0 Å². The van der Waals surface area contributed by atoms with Crippen LogP contribution < -0.4 is 27.0 Å². The molecule has 5 amide bonds. The van der Waals surface area contributed by atoms with E-state index in [9.17, 15) is 24.0 Å². The fourth-order valence-corrected chi connectivity index (χ4v) is 5.64. The van der Waals surface area contributed by atoms with Gasteiger partial charge in [0, 0.05) is 51.0 Å². The molecule has 15 nitrogen and oxygen atoms in total. The van der Waals surface area contributed by atoms with E-state index in [0.717, 1.165) is 31.2 Å². The summed E-state index contributed by atoms with van der Waals surface area (Å²) < 4.78 is 6.75. The molecule has 2 aromatic rings. The third-order valence-corrected chi connectivity index (χ3v) is 8.10. The van der Waals surface area contributed by atoms with E-state index in [1.165, 1.54) is 28.2 Å². The Morgan fingerprint density at radius 3 is 2.06 bits per heavy atom. The molecule has 0 bridgehead atoms. The summed E-state index contributed by atoms with van der Waals surface area (Å²) in [6.07, 6.45) is 3.55. The van der Waals surface area contributed by atoms with Crippen molar-refractivity contribution in [2.24, 2.45) is 0 Å². The van der Waals surface area contributed by atoms with Gasteiger partial charge in [-0.15, -0.1) is 0 Å². The van der Waals surface area contributed by atoms with Gasteiger partial charge in [-0.05, 0) is 84.1 Å². The molecule has 0 atom stereocenters. The normalized spacial score (nSPS) is 18.7. The Balaban J connectivity index is 1.22. The Bertz CT molecular complexity index is 1490. The Hall–Kier alpha value is -4.66. The minimum absolute atomic E-state index is 0.110. The minimum Gasteiger partial charge on any atom is -0.465 e. The van der Waals surface area contributed by atoms with Crippen LogP contribution in [0.15, 0.2) is 41.3 Å². The van der Waals surface area contributed by atoms with E-state index in [1.807, 2.05) is 45.0 Å². The highest BCUT2D eigenvalue weighted by Gasteiger charge is 2.35. The molecule has 0 spiro atoms. The number of alkyl carbamates (subject to hydrolysis) is 1. The fraction of sp³-hybridized carbons (Fsp3) is 0.562. The van der Waals surface area contributed by atoms with Crippen molar-refractivity contribution in [2.75, 3.05) is 31.5 Å². The van der Waals surface area contributed by atoms with Crippen molar-refractivity contribution in [3.8, 4) is 5.69 Å². The predicted molar refractivity (Wildman–Crippen MR) is 174 cm³/mol. The van der Waals surface area contributed by atoms with Crippen LogP contribution in [0.1, 0.15) is 65.9 Å². The summed E-state index contributed by atoms with van der Waals surface area (Å²) in [4.78, 5) is 68.4. The fourth-order valence-electron chi connectivity index (χ4n) is 5.64. The number of carboxylic acid groups (broad SMARTS) is 1. The zero-order valence-electron chi connectivity index (χ0n) is 27.7. The van der Waals surface area contributed by atoms with Gasteiger partial charge < -0.3 is 35.6 Å². The molecule has 15 heteroatoms. The number of hydrogen-bond donors (Lipinski definition) is 5. The minimum atomic E-state index is -1.29. The van der Waals surface area contributed by atoms with Crippen molar-refractivity contribution < 1.29 is 29.0 Å². The van der Waals surface area contributed by atoms with E-state index < -0.39 is 29.0 Å². The smallest absolute Gasteiger partial charge is 0.407 e. The zero-order chi connectivity index (χ0) is 34.4. The second-order valence-corrected chi connectivity index (χ2v) is 13.5. The summed E-state index contributed by atoms with van der Waals surface area (Å²) in [5.74, 6) is -0.263. The topological polar surface area (TPSA) is 187 Å². The first-order valence-corrected chi connectivity index (χ1v) is 15.9. The monoisotopic (exact) mass is 654 g/mol. The number of hydrogen-bond acceptors (Lipinski definition) is 8. The van der Waals surface area contributed by atoms with Gasteiger partial charge >= 0.3 is 23.9 Å². The van der Waals surface area contributed by atoms with Crippen LogP contribution in [0.25, 0.3) is 5.69 Å². The summed E-state index contributed by atoms with van der Waals surface area (Å²) in [7, 11) is 0. The van der Waals surface area contributed by atoms with Gasteiger partial charge in [0.1, 0.15) is 17.0 Å². The third-order valence-electron chi connectivity index (χ3n) is 8.10. The Kier molecular flexibility index (Phi) is 11.1. The number of benzene rings is 1. The van der Waals surface area contributed by atoms with Crippen LogP contribution in [0.4, 0.5) is 20.2 Å². The lowest BCUT2D eigenvalue weighted by Crippen LogP contribution is -2.60. The number of amides is 5. The molecule has 5 N–H and O–H groups in total. The average Bonchev–Trinajstić information content (AvgIpc) is 2.99. The van der Waals surface area contributed by atoms with E-state index in [-0.39, 0.29) is 50.0 Å². The molecule has 1 aromatic carbocycles. The highest BCUT2D eigenvalue weighted by Crippen LogP contribution is 2.20. The number of nitrogens with one attached hydrogen (secondary N) is 4. The molecular formula is C32H46N8O7. The van der Waals surface area contributed by atoms with E-state index >= 15 is 0 Å². The molecule has 47 heavy (non-hydrogen) atoms. The molecule has 4 rings (SSSR count). The number of anilines is 1. The van der Waals surface area contributed by atoms with E-state index in [4.69, 9.17) is 9.84 Å². The van der Waals surface area contributed by atoms with E-state index in [1.54, 1.807) is 12.3 Å². The molecule has 0 unspecified atom stereocenters. The first-order chi connectivity index (χ1) is 22.1. The van der Waals surface area contributed by atoms with Crippen molar-refractivity contribution in [3.05, 3.63) is 52.6 Å². The molecule has 1 saturated carbocycles. The van der Waals surface area contributed by atoms with Crippen molar-refractivity contribution in [3.63, 3.8) is 0 Å². The molecule has 2 aliphatic rings. The maximum absolute atomic E-state index is 12.8. The van der Waals surface area contributed by atoms with Crippen LogP contribution in [0.2, 0.25) is 0 Å². The largest absolute Gasteiger partial charge is 0.465 e. The van der Waals surface area contributed by atoms with Crippen LogP contribution >= 0.6 is 0 Å². The highest BCUT2D eigenvalue weighted by molar-refractivity contribution is 5.90. The van der Waals surface area contributed by atoms with Crippen LogP contribution in [0.3, 0.4) is 0 Å². The maximum Gasteiger partial charge on any atom is 0.407 e. The molecule has 256 valence electrons. The van der Waals surface area contributed by atoms with Crippen molar-refractivity contribution in [1.82, 2.24) is 35.3 Å². The van der Waals surface area contributed by atoms with Gasteiger partial charge in [0.25, 0.3) is 0 Å². The molecule has 1 aromatic heterocycles. The number of urea groups is 1. The van der Waals surface area contributed by atoms with Gasteiger partial charge in [-0.25, -0.2) is 19.2 Å². The number of carbonyl (C=O) groups excluding carboxylic acids is 3. The second-order valence-electron chi connectivity index (χ2n) is 13.5. The Labute approximate surface area is 274 Å². The second kappa shape index (κ2) is 14.8. The number of piperazine rings is 1. The molecule has 1 aliphatic heterocycles. The first-order valence-electron chi connectivity index (χ1n) is 15.9. The third kappa shape index (κ3) is 10.2. The SMILES string of the molecule is CC(C)(C)OC(=O)NC1CCC(NCc2ccc(-n3ccc(NC(=O)N4CCN(C(=O)C(C)(C)NC(=O)O)CC4)nc3=O)cc2)CC1. The van der Waals surface area contributed by atoms with E-state index in [0.29, 0.717) is 18.3 Å². The van der Waals surface area contributed by atoms with E-state index in [2.05, 4.69) is 26.3 Å². The lowest BCUT2D eigenvalue weighted by Gasteiger charge is -2.38. The van der Waals surface area contributed by atoms with Crippen LogP contribution in [-0.4, -0.2) is 98.0 Å². The summed E-state index contributed by atoms with van der Waals surface area (Å²) in [5, 5.41) is 20.4. The van der Waals surface area contributed by atoms with Crippen LogP contribution in [-0.2, 0) is 16.1 Å². The van der Waals surface area contributed by atoms with Gasteiger partial charge in [-0.2, -0.15) is 4.98 Å². The molecule has 2 fully saturated rings. The zero-order valence-corrected chi connectivity index (χ0v) is 27.7. The average molecular weight is 655 g/mol. The summed E-state index contributed by atoms with van der Waals surface area (Å²) in [5.41, 5.74) is -0.646. The van der Waals surface area contributed by atoms with Gasteiger partial charge in [0.05, 0.1) is 5.69 Å². The molecule has 2 heterocycles. The standard InChI is InChI=1S/C32H46N8O7/c1-31(2,3)47-30(46)34-23-10-8-22(9-11-23)33-20-21-6-12-24(13-7-21)40-15-14-25(36-28(40)43)35-27(42)39-18-16-38(17-19-39)26(41)32(4,5)37-29(44)45/h6-7,12-15,22-23,33,37H,8-11,16-20H2,1-5H3,(H,34,46)(H,44,45)(H,35,36,42,43). The number of ether oxygens (including phenoxy) is 1. The van der Waals surface area contributed by atoms with Gasteiger partial charge in [-0.1, -0.05) is 12.1 Å². The molecular weight excluding hydrogens is 608 g/mol. The van der Waals surface area contributed by atoms with Crippen LogP contribution in [0, 0.1) is 0 Å². The molecule has 0 radical (unpaired) electrons. The number of carbonyl (C=O) groups is 4. The number of nitrogens with zero attached hydrogens (tertiary/aromatic N) is 4. The summed E-state index contributed by atoms with van der Waals surface area (Å²) in [6.45, 7) is 10.2. The maximum atomic E-state index is 12.8. The lowest BCUT2D eigenvalue weighted by atomic mass is 9.91. The quantitative estimate of drug-likeness (QED) is 0.285. The van der Waals surface area contributed by atoms with Crippen molar-refractivity contribution in [1.29, 1.82) is 0 Å². The Morgan fingerprint density at radius 1 is 0.894 bits per heavy atom. The molecule has 1 aliphatic carbocycles. The molecule has 1 saturated heterocycles. The summed E-state index contributed by atoms with van der Waals surface area (Å²) in [6, 6.07) is 9.14. The number of rotatable bonds is 8. The van der Waals surface area contributed by atoms with Crippen molar-refractivity contribution >= 4 is 29.9 Å². The Morgan fingerprint density at radius 2 is 1.49 bits per heavy atom. The van der Waals surface area contributed by atoms with Gasteiger partial charge in [-0.3, -0.25) is 14.7 Å². The lowest BCUT2D eigenvalue weighted by molar-refractivity contribution is -0.138. The highest BCUT2D eigenvalue weighted by atomic mass is 16.6. The summed E-state index contributed by atoms with van der Waals surface area (Å²) >= 11 is 0.